The van der Waals surface area contributed by atoms with Gasteiger partial charge in [0.1, 0.15) is 0 Å². The van der Waals surface area contributed by atoms with Crippen LogP contribution in [-0.2, 0) is 11.2 Å². The van der Waals surface area contributed by atoms with Crippen LogP contribution < -0.4 is 0 Å². The van der Waals surface area contributed by atoms with E-state index in [0.29, 0.717) is 24.7 Å². The van der Waals surface area contributed by atoms with E-state index in [4.69, 9.17) is 4.74 Å². The summed E-state index contributed by atoms with van der Waals surface area (Å²) >= 11 is 0. The molecule has 2 aromatic rings. The highest BCUT2D eigenvalue weighted by Crippen LogP contribution is 2.34. The Morgan fingerprint density at radius 2 is 2.00 bits per heavy atom. The third kappa shape index (κ3) is 3.15. The second-order valence-electron chi connectivity index (χ2n) is 6.98. The summed E-state index contributed by atoms with van der Waals surface area (Å²) in [6.45, 7) is 9.67. The summed E-state index contributed by atoms with van der Waals surface area (Å²) in [7, 11) is 0. The molecule has 0 radical (unpaired) electrons. The molecule has 3 rings (SSSR count). The van der Waals surface area contributed by atoms with Crippen molar-refractivity contribution < 1.29 is 9.13 Å². The number of hydrogen-bond donors (Lipinski definition) is 0. The van der Waals surface area contributed by atoms with Gasteiger partial charge in [-0.05, 0) is 30.4 Å². The van der Waals surface area contributed by atoms with E-state index < -0.39 is 5.95 Å². The smallest absolute Gasteiger partial charge is 0.222 e. The molecule has 23 heavy (non-hydrogen) atoms. The van der Waals surface area contributed by atoms with Gasteiger partial charge in [-0.25, -0.2) is 4.98 Å². The average molecular weight is 317 g/mol. The maximum absolute atomic E-state index is 14.7. The molecule has 1 fully saturated rings. The van der Waals surface area contributed by atoms with Crippen molar-refractivity contribution in [3.8, 4) is 11.3 Å². The molecule has 0 saturated carbocycles. The summed E-state index contributed by atoms with van der Waals surface area (Å²) in [5, 5.41) is 4.49. The molecule has 5 heteroatoms. The lowest BCUT2D eigenvalue weighted by Crippen LogP contribution is -2.32. The Labute approximate surface area is 136 Å². The first kappa shape index (κ1) is 16.1. The minimum atomic E-state index is -0.410. The van der Waals surface area contributed by atoms with Crippen LogP contribution in [0.1, 0.15) is 50.9 Å². The fourth-order valence-electron chi connectivity index (χ4n) is 2.90. The van der Waals surface area contributed by atoms with Crippen LogP contribution in [0, 0.1) is 11.9 Å². The summed E-state index contributed by atoms with van der Waals surface area (Å²) in [6, 6.07) is 3.96. The first-order valence-electron chi connectivity index (χ1n) is 8.28. The van der Waals surface area contributed by atoms with E-state index in [1.165, 1.54) is 0 Å². The number of rotatable bonds is 5. The van der Waals surface area contributed by atoms with E-state index in [9.17, 15) is 4.39 Å². The Bertz CT molecular complexity index is 690. The molecular formula is C18H24FN3O. The van der Waals surface area contributed by atoms with Gasteiger partial charge in [-0.3, -0.25) is 4.68 Å². The maximum Gasteiger partial charge on any atom is 0.222 e. The molecule has 1 aliphatic rings. The van der Waals surface area contributed by atoms with Crippen LogP contribution in [-0.4, -0.2) is 28.0 Å². The monoisotopic (exact) mass is 317 g/mol. The van der Waals surface area contributed by atoms with Crippen LogP contribution in [0.3, 0.4) is 0 Å². The predicted molar refractivity (Wildman–Crippen MR) is 87.9 cm³/mol. The molecule has 0 amide bonds. The lowest BCUT2D eigenvalue weighted by Gasteiger charge is -2.28. The zero-order valence-electron chi connectivity index (χ0n) is 14.2. The zero-order valence-corrected chi connectivity index (χ0v) is 14.2. The highest BCUT2D eigenvalue weighted by molar-refractivity contribution is 5.64. The molecule has 0 N–H and O–H groups in total. The van der Waals surface area contributed by atoms with Gasteiger partial charge in [-0.1, -0.05) is 27.7 Å². The van der Waals surface area contributed by atoms with E-state index in [1.54, 1.807) is 0 Å². The summed E-state index contributed by atoms with van der Waals surface area (Å²) < 4.78 is 21.9. The Balaban J connectivity index is 2.04. The summed E-state index contributed by atoms with van der Waals surface area (Å²) in [4.78, 5) is 4.17. The van der Waals surface area contributed by atoms with Crippen LogP contribution in [0.5, 0.6) is 0 Å². The number of pyridine rings is 1. The standard InChI is InChI=1S/C18H24FN3O/c1-11(2)7-13-5-6-15(18(19)21-13)17-16(12(3)4)8-20-22(17)14-9-23-10-14/h5-6,8,11-12,14H,7,9-10H2,1-4H3. The van der Waals surface area contributed by atoms with Gasteiger partial charge in [0.15, 0.2) is 0 Å². The van der Waals surface area contributed by atoms with E-state index in [0.717, 1.165) is 23.4 Å². The SMILES string of the molecule is CC(C)Cc1ccc(-c2c(C(C)C)cnn2C2COC2)c(F)n1. The second kappa shape index (κ2) is 6.40. The minimum Gasteiger partial charge on any atom is -0.377 e. The van der Waals surface area contributed by atoms with Crippen LogP contribution in [0.25, 0.3) is 11.3 Å². The van der Waals surface area contributed by atoms with E-state index in [1.807, 2.05) is 23.0 Å². The predicted octanol–water partition coefficient (Wildman–Crippen LogP) is 3.98. The van der Waals surface area contributed by atoms with Gasteiger partial charge in [-0.15, -0.1) is 0 Å². The molecule has 0 atom stereocenters. The molecule has 124 valence electrons. The lowest BCUT2D eigenvalue weighted by atomic mass is 9.99. The van der Waals surface area contributed by atoms with Crippen molar-refractivity contribution in [1.29, 1.82) is 0 Å². The minimum absolute atomic E-state index is 0.187. The molecule has 3 heterocycles. The highest BCUT2D eigenvalue weighted by atomic mass is 19.1. The van der Waals surface area contributed by atoms with Gasteiger partial charge in [0.05, 0.1) is 36.7 Å². The van der Waals surface area contributed by atoms with Crippen molar-refractivity contribution in [3.05, 3.63) is 35.5 Å². The number of ether oxygens (including phenoxy) is 1. The topological polar surface area (TPSA) is 39.9 Å². The average Bonchev–Trinajstić information content (AvgIpc) is 2.80. The van der Waals surface area contributed by atoms with E-state index in [2.05, 4.69) is 37.8 Å². The number of hydrogen-bond acceptors (Lipinski definition) is 3. The first-order chi connectivity index (χ1) is 11.0. The van der Waals surface area contributed by atoms with Crippen molar-refractivity contribution >= 4 is 0 Å². The van der Waals surface area contributed by atoms with Gasteiger partial charge < -0.3 is 4.74 Å². The van der Waals surface area contributed by atoms with E-state index in [-0.39, 0.29) is 12.0 Å². The summed E-state index contributed by atoms with van der Waals surface area (Å²) in [5.74, 6) is 0.318. The molecule has 0 aliphatic carbocycles. The third-order valence-corrected chi connectivity index (χ3v) is 4.19. The Morgan fingerprint density at radius 1 is 1.26 bits per heavy atom. The number of nitrogens with zero attached hydrogens (tertiary/aromatic N) is 3. The summed E-state index contributed by atoms with van der Waals surface area (Å²) in [5.41, 5.74) is 3.22. The van der Waals surface area contributed by atoms with Gasteiger partial charge in [-0.2, -0.15) is 9.49 Å². The molecule has 1 aliphatic heterocycles. The van der Waals surface area contributed by atoms with Gasteiger partial charge in [0, 0.05) is 11.3 Å². The fourth-order valence-corrected chi connectivity index (χ4v) is 2.90. The molecular weight excluding hydrogens is 293 g/mol. The van der Waals surface area contributed by atoms with Gasteiger partial charge >= 0.3 is 0 Å². The number of aromatic nitrogens is 3. The summed E-state index contributed by atoms with van der Waals surface area (Å²) in [6.07, 6.45) is 2.63. The third-order valence-electron chi connectivity index (χ3n) is 4.19. The first-order valence-corrected chi connectivity index (χ1v) is 8.28. The largest absolute Gasteiger partial charge is 0.377 e. The quantitative estimate of drug-likeness (QED) is 0.783. The second-order valence-corrected chi connectivity index (χ2v) is 6.98. The van der Waals surface area contributed by atoms with Crippen LogP contribution in [0.2, 0.25) is 0 Å². The van der Waals surface area contributed by atoms with Crippen LogP contribution in [0.4, 0.5) is 4.39 Å². The molecule has 0 aromatic carbocycles. The van der Waals surface area contributed by atoms with Crippen molar-refractivity contribution in [2.45, 2.75) is 46.1 Å². The number of halogens is 1. The molecule has 1 saturated heterocycles. The highest BCUT2D eigenvalue weighted by Gasteiger charge is 2.28. The Morgan fingerprint density at radius 3 is 2.52 bits per heavy atom. The molecule has 4 nitrogen and oxygen atoms in total. The van der Waals surface area contributed by atoms with Crippen molar-refractivity contribution in [2.24, 2.45) is 5.92 Å². The molecule has 0 bridgehead atoms. The fraction of sp³-hybridized carbons (Fsp3) is 0.556. The zero-order chi connectivity index (χ0) is 16.6. The normalized spacial score (nSPS) is 15.4. The molecule has 2 aromatic heterocycles. The molecule has 0 unspecified atom stereocenters. The molecule has 0 spiro atoms. The van der Waals surface area contributed by atoms with Crippen molar-refractivity contribution in [1.82, 2.24) is 14.8 Å². The Hall–Kier alpha value is -1.75. The van der Waals surface area contributed by atoms with E-state index >= 15 is 0 Å². The lowest BCUT2D eigenvalue weighted by molar-refractivity contribution is -0.0279. The van der Waals surface area contributed by atoms with Crippen molar-refractivity contribution in [2.75, 3.05) is 13.2 Å². The van der Waals surface area contributed by atoms with Crippen LogP contribution in [0.15, 0.2) is 18.3 Å². The maximum atomic E-state index is 14.7. The van der Waals surface area contributed by atoms with Gasteiger partial charge in [0.2, 0.25) is 5.95 Å². The van der Waals surface area contributed by atoms with Crippen LogP contribution >= 0.6 is 0 Å². The van der Waals surface area contributed by atoms with Crippen molar-refractivity contribution in [3.63, 3.8) is 0 Å². The Kier molecular flexibility index (Phi) is 4.48. The van der Waals surface area contributed by atoms with Gasteiger partial charge in [0.25, 0.3) is 0 Å².